The summed E-state index contributed by atoms with van der Waals surface area (Å²) in [5.74, 6) is -0.103. The molecule has 0 aliphatic heterocycles. The fraction of sp³-hybridized carbons (Fsp3) is 0.571. The SMILES string of the molecule is CC1(CNC(=O)c2ccncc2Cl)CCCCC1. The van der Waals surface area contributed by atoms with E-state index in [1.807, 2.05) is 0 Å². The minimum atomic E-state index is -0.103. The van der Waals surface area contributed by atoms with Gasteiger partial charge in [-0.1, -0.05) is 37.8 Å². The first-order valence-corrected chi connectivity index (χ1v) is 6.86. The molecule has 0 aromatic carbocycles. The number of hydrogen-bond donors (Lipinski definition) is 1. The normalized spacial score (nSPS) is 18.3. The van der Waals surface area contributed by atoms with E-state index in [2.05, 4.69) is 17.2 Å². The average Bonchev–Trinajstić information content (AvgIpc) is 2.38. The van der Waals surface area contributed by atoms with E-state index in [9.17, 15) is 4.79 Å². The summed E-state index contributed by atoms with van der Waals surface area (Å²) in [6, 6.07) is 1.65. The Kier molecular flexibility index (Phi) is 4.23. The third-order valence-corrected chi connectivity index (χ3v) is 4.05. The fourth-order valence-corrected chi connectivity index (χ4v) is 2.74. The third kappa shape index (κ3) is 3.22. The Balaban J connectivity index is 1.94. The Morgan fingerprint density at radius 2 is 2.17 bits per heavy atom. The van der Waals surface area contributed by atoms with Crippen LogP contribution in [0.15, 0.2) is 18.5 Å². The van der Waals surface area contributed by atoms with Gasteiger partial charge in [0.05, 0.1) is 10.6 Å². The molecule has 1 aliphatic rings. The molecule has 1 aliphatic carbocycles. The zero-order valence-corrected chi connectivity index (χ0v) is 11.5. The number of pyridine rings is 1. The summed E-state index contributed by atoms with van der Waals surface area (Å²) in [5, 5.41) is 3.41. The Bertz CT molecular complexity index is 428. The lowest BCUT2D eigenvalue weighted by atomic mass is 9.76. The summed E-state index contributed by atoms with van der Waals surface area (Å²) < 4.78 is 0. The molecule has 0 atom stereocenters. The number of aromatic nitrogens is 1. The highest BCUT2D eigenvalue weighted by atomic mass is 35.5. The molecule has 2 rings (SSSR count). The summed E-state index contributed by atoms with van der Waals surface area (Å²) in [5.41, 5.74) is 0.749. The Labute approximate surface area is 113 Å². The van der Waals surface area contributed by atoms with Crippen LogP contribution in [-0.4, -0.2) is 17.4 Å². The smallest absolute Gasteiger partial charge is 0.252 e. The van der Waals surface area contributed by atoms with Crippen molar-refractivity contribution in [3.05, 3.63) is 29.0 Å². The first-order valence-electron chi connectivity index (χ1n) is 6.48. The summed E-state index contributed by atoms with van der Waals surface area (Å²) in [6.07, 6.45) is 9.32. The molecule has 1 amide bonds. The van der Waals surface area contributed by atoms with Crippen molar-refractivity contribution < 1.29 is 4.79 Å². The van der Waals surface area contributed by atoms with Crippen LogP contribution in [0.25, 0.3) is 0 Å². The van der Waals surface area contributed by atoms with Gasteiger partial charge in [-0.2, -0.15) is 0 Å². The average molecular weight is 267 g/mol. The van der Waals surface area contributed by atoms with Crippen LogP contribution in [0.2, 0.25) is 5.02 Å². The molecule has 0 spiro atoms. The maximum absolute atomic E-state index is 12.0. The van der Waals surface area contributed by atoms with E-state index in [0.717, 1.165) is 6.54 Å². The molecule has 4 heteroatoms. The molecule has 98 valence electrons. The summed E-state index contributed by atoms with van der Waals surface area (Å²) in [7, 11) is 0. The van der Waals surface area contributed by atoms with Crippen LogP contribution >= 0.6 is 11.6 Å². The van der Waals surface area contributed by atoms with Gasteiger partial charge in [-0.3, -0.25) is 9.78 Å². The molecule has 1 aromatic rings. The van der Waals surface area contributed by atoms with E-state index in [1.165, 1.54) is 38.3 Å². The van der Waals surface area contributed by atoms with Crippen molar-refractivity contribution in [3.63, 3.8) is 0 Å². The topological polar surface area (TPSA) is 42.0 Å². The van der Waals surface area contributed by atoms with Gasteiger partial charge in [0, 0.05) is 18.9 Å². The number of nitrogens with zero attached hydrogens (tertiary/aromatic N) is 1. The zero-order valence-electron chi connectivity index (χ0n) is 10.7. The van der Waals surface area contributed by atoms with E-state index in [-0.39, 0.29) is 11.3 Å². The number of rotatable bonds is 3. The van der Waals surface area contributed by atoms with Crippen molar-refractivity contribution in [3.8, 4) is 0 Å². The van der Waals surface area contributed by atoms with Crippen molar-refractivity contribution in [2.45, 2.75) is 39.0 Å². The molecular formula is C14H19ClN2O. The molecule has 0 radical (unpaired) electrons. The van der Waals surface area contributed by atoms with E-state index >= 15 is 0 Å². The van der Waals surface area contributed by atoms with Gasteiger partial charge in [-0.25, -0.2) is 0 Å². The molecule has 1 aromatic heterocycles. The van der Waals surface area contributed by atoms with Gasteiger partial charge in [-0.15, -0.1) is 0 Å². The van der Waals surface area contributed by atoms with Gasteiger partial charge in [0.1, 0.15) is 0 Å². The number of carbonyl (C=O) groups excluding carboxylic acids is 1. The van der Waals surface area contributed by atoms with Crippen LogP contribution in [0.4, 0.5) is 0 Å². The molecule has 0 bridgehead atoms. The number of hydrogen-bond acceptors (Lipinski definition) is 2. The number of nitrogens with one attached hydrogen (secondary N) is 1. The number of carbonyl (C=O) groups is 1. The highest BCUT2D eigenvalue weighted by Crippen LogP contribution is 2.35. The lowest BCUT2D eigenvalue weighted by Gasteiger charge is -2.33. The lowest BCUT2D eigenvalue weighted by molar-refractivity contribution is 0.0919. The third-order valence-electron chi connectivity index (χ3n) is 3.75. The molecule has 1 heterocycles. The fourth-order valence-electron chi connectivity index (χ4n) is 2.53. The molecular weight excluding hydrogens is 248 g/mol. The standard InChI is InChI=1S/C14H19ClN2O/c1-14(6-3-2-4-7-14)10-17-13(18)11-5-8-16-9-12(11)15/h5,8-9H,2-4,6-7,10H2,1H3,(H,17,18). The second kappa shape index (κ2) is 5.70. The van der Waals surface area contributed by atoms with E-state index in [0.29, 0.717) is 10.6 Å². The Hall–Kier alpha value is -1.09. The van der Waals surface area contributed by atoms with Crippen molar-refractivity contribution >= 4 is 17.5 Å². The van der Waals surface area contributed by atoms with E-state index in [1.54, 1.807) is 12.3 Å². The maximum atomic E-state index is 12.0. The largest absolute Gasteiger partial charge is 0.351 e. The highest BCUT2D eigenvalue weighted by molar-refractivity contribution is 6.33. The van der Waals surface area contributed by atoms with Crippen molar-refractivity contribution in [2.75, 3.05) is 6.54 Å². The lowest BCUT2D eigenvalue weighted by Crippen LogP contribution is -2.37. The van der Waals surface area contributed by atoms with E-state index in [4.69, 9.17) is 11.6 Å². The molecule has 0 saturated heterocycles. The van der Waals surface area contributed by atoms with E-state index < -0.39 is 0 Å². The predicted octanol–water partition coefficient (Wildman–Crippen LogP) is 3.44. The van der Waals surface area contributed by atoms with Gasteiger partial charge >= 0.3 is 0 Å². The quantitative estimate of drug-likeness (QED) is 0.911. The number of halogens is 1. The number of amides is 1. The first-order chi connectivity index (χ1) is 8.61. The van der Waals surface area contributed by atoms with Gasteiger partial charge in [0.25, 0.3) is 5.91 Å². The Morgan fingerprint density at radius 1 is 1.44 bits per heavy atom. The first kappa shape index (κ1) is 13.3. The predicted molar refractivity (Wildman–Crippen MR) is 72.8 cm³/mol. The van der Waals surface area contributed by atoms with Gasteiger partial charge < -0.3 is 5.32 Å². The van der Waals surface area contributed by atoms with Gasteiger partial charge in [0.15, 0.2) is 0 Å². The molecule has 18 heavy (non-hydrogen) atoms. The van der Waals surface area contributed by atoms with Crippen LogP contribution in [-0.2, 0) is 0 Å². The van der Waals surface area contributed by atoms with Crippen LogP contribution < -0.4 is 5.32 Å². The molecule has 1 fully saturated rings. The summed E-state index contributed by atoms with van der Waals surface area (Å²) in [6.45, 7) is 2.98. The van der Waals surface area contributed by atoms with Crippen LogP contribution in [0, 0.1) is 5.41 Å². The molecule has 1 N–H and O–H groups in total. The summed E-state index contributed by atoms with van der Waals surface area (Å²) in [4.78, 5) is 15.9. The minimum Gasteiger partial charge on any atom is -0.351 e. The molecule has 3 nitrogen and oxygen atoms in total. The molecule has 1 saturated carbocycles. The molecule has 0 unspecified atom stereocenters. The minimum absolute atomic E-state index is 0.103. The second-order valence-corrected chi connectivity index (χ2v) is 5.82. The van der Waals surface area contributed by atoms with Crippen molar-refractivity contribution in [1.82, 2.24) is 10.3 Å². The van der Waals surface area contributed by atoms with Crippen LogP contribution in [0.1, 0.15) is 49.4 Å². The van der Waals surface area contributed by atoms with Crippen LogP contribution in [0.3, 0.4) is 0 Å². The highest BCUT2D eigenvalue weighted by Gasteiger charge is 2.27. The van der Waals surface area contributed by atoms with Crippen molar-refractivity contribution in [1.29, 1.82) is 0 Å². The van der Waals surface area contributed by atoms with Crippen LogP contribution in [0.5, 0.6) is 0 Å². The maximum Gasteiger partial charge on any atom is 0.252 e. The Morgan fingerprint density at radius 3 is 2.83 bits per heavy atom. The second-order valence-electron chi connectivity index (χ2n) is 5.41. The van der Waals surface area contributed by atoms with Crippen molar-refractivity contribution in [2.24, 2.45) is 5.41 Å². The monoisotopic (exact) mass is 266 g/mol. The summed E-state index contributed by atoms with van der Waals surface area (Å²) >= 11 is 5.95. The van der Waals surface area contributed by atoms with Gasteiger partial charge in [-0.05, 0) is 24.3 Å². The van der Waals surface area contributed by atoms with Gasteiger partial charge in [0.2, 0.25) is 0 Å². The zero-order chi connectivity index (χ0) is 13.0.